The van der Waals surface area contributed by atoms with Gasteiger partial charge in [0.05, 0.1) is 22.3 Å². The molecule has 4 aliphatic rings. The van der Waals surface area contributed by atoms with Gasteiger partial charge in [-0.15, -0.1) is 0 Å². The quantitative estimate of drug-likeness (QED) is 0.0180. The van der Waals surface area contributed by atoms with Gasteiger partial charge in [0.25, 0.3) is 23.6 Å². The van der Waals surface area contributed by atoms with Crippen LogP contribution in [0.1, 0.15) is 92.8 Å². The van der Waals surface area contributed by atoms with Crippen molar-refractivity contribution in [3.63, 3.8) is 0 Å². The van der Waals surface area contributed by atoms with Crippen LogP contribution in [0.3, 0.4) is 0 Å². The third-order valence-electron chi connectivity index (χ3n) is 18.5. The molecular formula is C72H70N2O18Si2. The standard InChI is InChI=1S/C72H70N2O18Si2/c1-81-93(82-2,83-3)41-43-21-19-31-49(33-43)91-59(75)39-73-69(77)51-35-55(87-45-23-11-7-12-24-45)63-65-57(89-47-27-15-9-16-28-47)37-53-62-54(72(80)74(71(53)79)40-60(76)92-50-32-20-22-44(34-50)42-94(84-4,85-5)86-6)38-58(90-48-29-17-10-18-30-48)66(68(62)65)64-56(88-46-25-13-8-14-26-46)36-52(70(73)78)61(51)67(63)64/h7-18,23-30,35-38,43-44,49-50H,19-22,31-34,39-42H2,1-6H3. The summed E-state index contributed by atoms with van der Waals surface area (Å²) in [5.41, 5.74) is 0.0331. The van der Waals surface area contributed by atoms with E-state index < -0.39 is 78.5 Å². The summed E-state index contributed by atoms with van der Waals surface area (Å²) in [4.78, 5) is 93.0. The van der Waals surface area contributed by atoms with Crippen molar-refractivity contribution < 1.29 is 83.7 Å². The Morgan fingerprint density at radius 3 is 0.894 bits per heavy atom. The summed E-state index contributed by atoms with van der Waals surface area (Å²) < 4.78 is 74.7. The maximum absolute atomic E-state index is 15.6. The molecule has 94 heavy (non-hydrogen) atoms. The third kappa shape index (κ3) is 12.0. The molecule has 2 fully saturated rings. The lowest BCUT2D eigenvalue weighted by molar-refractivity contribution is -0.152. The van der Waals surface area contributed by atoms with Crippen LogP contribution < -0.4 is 18.9 Å². The van der Waals surface area contributed by atoms with E-state index in [-0.39, 0.29) is 67.9 Å². The Kier molecular flexibility index (Phi) is 18.1. The van der Waals surface area contributed by atoms with E-state index in [0.29, 0.717) is 93.1 Å². The molecule has 0 N–H and O–H groups in total. The smallest absolute Gasteiger partial charge is 0.461 e. The highest BCUT2D eigenvalue weighted by atomic mass is 28.4. The fraction of sp³-hybridized carbons (Fsp3) is 0.306. The lowest BCUT2D eigenvalue weighted by atomic mass is 9.80. The average Bonchev–Trinajstić information content (AvgIpc) is 0.674. The molecule has 4 unspecified atom stereocenters. The van der Waals surface area contributed by atoms with E-state index in [2.05, 4.69) is 0 Å². The van der Waals surface area contributed by atoms with Gasteiger partial charge in [-0.25, -0.2) is 0 Å². The molecule has 484 valence electrons. The molecule has 2 saturated carbocycles. The van der Waals surface area contributed by atoms with Gasteiger partial charge in [0, 0.05) is 97.8 Å². The number of hydrogen-bond donors (Lipinski definition) is 0. The Morgan fingerprint density at radius 2 is 0.638 bits per heavy atom. The second-order valence-electron chi connectivity index (χ2n) is 24.0. The Labute approximate surface area is 544 Å². The van der Waals surface area contributed by atoms with Crippen molar-refractivity contribution in [3.8, 4) is 46.0 Å². The topological polar surface area (TPSA) is 220 Å². The predicted molar refractivity (Wildman–Crippen MR) is 351 cm³/mol. The summed E-state index contributed by atoms with van der Waals surface area (Å²) >= 11 is 0. The van der Waals surface area contributed by atoms with Gasteiger partial charge in [0.2, 0.25) is 0 Å². The van der Waals surface area contributed by atoms with E-state index in [1.54, 1.807) is 164 Å². The number of rotatable bonds is 24. The number of nitrogens with zero attached hydrogens (tertiary/aromatic N) is 2. The van der Waals surface area contributed by atoms with Gasteiger partial charge in [-0.05, 0) is 123 Å². The maximum Gasteiger partial charge on any atom is 0.500 e. The molecule has 0 radical (unpaired) electrons. The summed E-state index contributed by atoms with van der Waals surface area (Å²) in [6, 6.07) is 42.8. The maximum atomic E-state index is 15.6. The van der Waals surface area contributed by atoms with Gasteiger partial charge in [0.1, 0.15) is 71.3 Å². The molecule has 4 atom stereocenters. The lowest BCUT2D eigenvalue weighted by Gasteiger charge is -2.34. The van der Waals surface area contributed by atoms with Crippen LogP contribution in [0.5, 0.6) is 46.0 Å². The van der Waals surface area contributed by atoms with Crippen LogP contribution in [0.25, 0.3) is 43.1 Å². The van der Waals surface area contributed by atoms with Crippen LogP contribution in [-0.2, 0) is 45.6 Å². The van der Waals surface area contributed by atoms with E-state index >= 15 is 19.2 Å². The van der Waals surface area contributed by atoms with Crippen molar-refractivity contribution in [2.75, 3.05) is 55.7 Å². The van der Waals surface area contributed by atoms with Gasteiger partial charge in [-0.3, -0.25) is 38.6 Å². The zero-order valence-electron chi connectivity index (χ0n) is 52.9. The average molecular weight is 1310 g/mol. The molecule has 2 aliphatic heterocycles. The number of esters is 2. The van der Waals surface area contributed by atoms with E-state index in [1.807, 2.05) is 24.3 Å². The van der Waals surface area contributed by atoms with Crippen LogP contribution in [0.4, 0.5) is 0 Å². The SMILES string of the molecule is CO[Si](CC1CCCC(OC(=O)CN2C(=O)c3cc(Oc4ccccc4)c4c5c(Oc6ccccc6)cc6c7c(cc(Oc8ccccc8)c(c8c(Oc9ccccc9)cc(c3c48)C2=O)c75)C(=O)N(CC(=O)OC2CCCC(C[Si](OC)(OC)OC)C2)C6=O)C1)(OC)OC. The highest BCUT2D eigenvalue weighted by Gasteiger charge is 2.46. The van der Waals surface area contributed by atoms with Gasteiger partial charge in [-0.2, -0.15) is 0 Å². The molecule has 4 amide bonds. The monoisotopic (exact) mass is 1310 g/mol. The third-order valence-corrected chi connectivity index (χ3v) is 24.4. The molecule has 2 heterocycles. The van der Waals surface area contributed by atoms with Crippen molar-refractivity contribution in [2.45, 2.75) is 75.7 Å². The Balaban J connectivity index is 1.01. The number of carbonyl (C=O) groups is 6. The van der Waals surface area contributed by atoms with Crippen molar-refractivity contribution >= 4 is 96.3 Å². The Bertz CT molecular complexity index is 3870. The van der Waals surface area contributed by atoms with Gasteiger partial charge >= 0.3 is 29.5 Å². The minimum atomic E-state index is -2.98. The summed E-state index contributed by atoms with van der Waals surface area (Å²) in [6.07, 6.45) is 4.28. The molecule has 0 bridgehead atoms. The number of carbonyl (C=O) groups excluding carboxylic acids is 6. The molecule has 2 aliphatic carbocycles. The summed E-state index contributed by atoms with van der Waals surface area (Å²) in [6.45, 7) is -1.45. The number of para-hydroxylation sites is 4. The first kappa shape index (κ1) is 63.6. The molecule has 0 aromatic heterocycles. The lowest BCUT2D eigenvalue weighted by Crippen LogP contribution is -2.46. The van der Waals surface area contributed by atoms with Crippen LogP contribution in [0.15, 0.2) is 146 Å². The number of hydrogen-bond acceptors (Lipinski definition) is 18. The number of imide groups is 2. The second kappa shape index (κ2) is 26.7. The zero-order valence-corrected chi connectivity index (χ0v) is 54.9. The predicted octanol–water partition coefficient (Wildman–Crippen LogP) is 14.1. The summed E-state index contributed by atoms with van der Waals surface area (Å²) in [5, 5.41) is 2.16. The highest BCUT2D eigenvalue weighted by molar-refractivity contribution is 6.61. The minimum absolute atomic E-state index is 0.00828. The molecule has 9 aromatic rings. The fourth-order valence-corrected chi connectivity index (χ4v) is 18.3. The van der Waals surface area contributed by atoms with Crippen LogP contribution >= 0.6 is 0 Å². The fourth-order valence-electron chi connectivity index (χ4n) is 14.2. The zero-order chi connectivity index (χ0) is 65.4. The van der Waals surface area contributed by atoms with Crippen molar-refractivity contribution in [1.82, 2.24) is 9.80 Å². The van der Waals surface area contributed by atoms with Crippen molar-refractivity contribution in [2.24, 2.45) is 11.8 Å². The van der Waals surface area contributed by atoms with E-state index in [4.69, 9.17) is 55.0 Å². The van der Waals surface area contributed by atoms with Gasteiger partial charge in [0.15, 0.2) is 0 Å². The van der Waals surface area contributed by atoms with E-state index in [0.717, 1.165) is 35.5 Å². The van der Waals surface area contributed by atoms with E-state index in [1.165, 1.54) is 0 Å². The highest BCUT2D eigenvalue weighted by Crippen LogP contribution is 2.58. The molecular weight excluding hydrogens is 1240 g/mol. The summed E-state index contributed by atoms with van der Waals surface area (Å²) in [7, 11) is 3.40. The first-order chi connectivity index (χ1) is 45.7. The number of ether oxygens (including phenoxy) is 6. The molecule has 13 rings (SSSR count). The normalized spacial score (nSPS) is 18.3. The molecule has 9 aromatic carbocycles. The Morgan fingerprint density at radius 1 is 0.372 bits per heavy atom. The van der Waals surface area contributed by atoms with Crippen molar-refractivity contribution in [1.29, 1.82) is 0 Å². The largest absolute Gasteiger partial charge is 0.500 e. The van der Waals surface area contributed by atoms with Crippen LogP contribution in [0.2, 0.25) is 12.1 Å². The van der Waals surface area contributed by atoms with E-state index in [9.17, 15) is 9.59 Å². The number of benzene rings is 9. The molecule has 22 heteroatoms. The molecule has 0 saturated heterocycles. The number of amides is 4. The van der Waals surface area contributed by atoms with Gasteiger partial charge in [-0.1, -0.05) is 85.6 Å². The molecule has 0 spiro atoms. The number of fused-ring (bicyclic) bond motifs is 2. The first-order valence-corrected chi connectivity index (χ1v) is 35.3. The Hall–Kier alpha value is -9.11. The second-order valence-corrected chi connectivity index (χ2v) is 30.0. The van der Waals surface area contributed by atoms with Gasteiger partial charge < -0.3 is 55.0 Å². The van der Waals surface area contributed by atoms with Crippen LogP contribution in [0, 0.1) is 11.8 Å². The molecule has 20 nitrogen and oxygen atoms in total. The first-order valence-electron chi connectivity index (χ1n) is 31.4. The van der Waals surface area contributed by atoms with Crippen LogP contribution in [-0.4, -0.2) is 131 Å². The minimum Gasteiger partial charge on any atom is -0.461 e. The summed E-state index contributed by atoms with van der Waals surface area (Å²) in [5.74, 6) is -2.87. The van der Waals surface area contributed by atoms with Crippen molar-refractivity contribution in [3.05, 3.63) is 168 Å².